The molecule has 1 aromatic carbocycles. The van der Waals surface area contributed by atoms with Crippen molar-refractivity contribution in [2.45, 2.75) is 33.7 Å². The summed E-state index contributed by atoms with van der Waals surface area (Å²) < 4.78 is 6.09. The average Bonchev–Trinajstić information content (AvgIpc) is 2.66. The van der Waals surface area contributed by atoms with Crippen molar-refractivity contribution in [3.63, 3.8) is 0 Å². The maximum atomic E-state index is 12.3. The minimum atomic E-state index is -0.569. The Kier molecular flexibility index (Phi) is 6.44. The van der Waals surface area contributed by atoms with Crippen LogP contribution in [0.5, 0.6) is 5.88 Å². The lowest BCUT2D eigenvalue weighted by atomic mass is 10.1. The summed E-state index contributed by atoms with van der Waals surface area (Å²) in [5.41, 5.74) is 0.0428. The molecule has 1 aromatic heterocycles. The molecule has 8 heteroatoms. The van der Waals surface area contributed by atoms with Gasteiger partial charge in [-0.05, 0) is 32.4 Å². The smallest absolute Gasteiger partial charge is 0.340 e. The number of hydrogen-bond acceptors (Lipinski definition) is 7. The molecule has 27 heavy (non-hydrogen) atoms. The van der Waals surface area contributed by atoms with Crippen LogP contribution in [-0.4, -0.2) is 22.2 Å². The number of azo groups is 1. The van der Waals surface area contributed by atoms with Gasteiger partial charge < -0.3 is 9.84 Å². The van der Waals surface area contributed by atoms with E-state index in [9.17, 15) is 20.0 Å². The van der Waals surface area contributed by atoms with Gasteiger partial charge in [0.15, 0.2) is 5.69 Å². The standard InChI is InChI=1S/C19H20N4O4/c1-4-10-23-17(24)14(11-20)12(3)16(18(23)25)22-21-15-9-7-6-8-13(15)19(26)27-5-2/h6-9,25H,4-5,10H2,1-3H3. The summed E-state index contributed by atoms with van der Waals surface area (Å²) in [6.45, 7) is 5.51. The zero-order chi connectivity index (χ0) is 20.0. The first-order chi connectivity index (χ1) is 13.0. The monoisotopic (exact) mass is 368 g/mol. The third-order valence-corrected chi connectivity index (χ3v) is 3.87. The topological polar surface area (TPSA) is 117 Å². The van der Waals surface area contributed by atoms with Crippen LogP contribution in [0.3, 0.4) is 0 Å². The molecule has 0 amide bonds. The fraction of sp³-hybridized carbons (Fsp3) is 0.316. The van der Waals surface area contributed by atoms with Gasteiger partial charge in [-0.3, -0.25) is 9.36 Å². The molecule has 0 bridgehead atoms. The van der Waals surface area contributed by atoms with Gasteiger partial charge in [-0.1, -0.05) is 19.1 Å². The van der Waals surface area contributed by atoms with Crippen molar-refractivity contribution >= 4 is 17.3 Å². The number of nitriles is 1. The highest BCUT2D eigenvalue weighted by atomic mass is 16.5. The number of pyridine rings is 1. The molecule has 0 fully saturated rings. The zero-order valence-corrected chi connectivity index (χ0v) is 15.4. The van der Waals surface area contributed by atoms with Crippen LogP contribution in [0.4, 0.5) is 11.4 Å². The largest absolute Gasteiger partial charge is 0.493 e. The fourth-order valence-electron chi connectivity index (χ4n) is 2.53. The van der Waals surface area contributed by atoms with Crippen LogP contribution in [0, 0.1) is 18.3 Å². The Hall–Kier alpha value is -3.47. The van der Waals surface area contributed by atoms with Crippen molar-refractivity contribution in [2.24, 2.45) is 10.2 Å². The quantitative estimate of drug-likeness (QED) is 0.616. The van der Waals surface area contributed by atoms with Gasteiger partial charge in [0.1, 0.15) is 17.3 Å². The third-order valence-electron chi connectivity index (χ3n) is 3.87. The summed E-state index contributed by atoms with van der Waals surface area (Å²) in [6.07, 6.45) is 0.587. The molecule has 0 aliphatic heterocycles. The van der Waals surface area contributed by atoms with Crippen LogP contribution in [0.25, 0.3) is 0 Å². The number of nitrogens with zero attached hydrogens (tertiary/aromatic N) is 4. The number of ether oxygens (including phenoxy) is 1. The Bertz CT molecular complexity index is 986. The number of aromatic hydroxyl groups is 1. The van der Waals surface area contributed by atoms with Crippen molar-refractivity contribution in [3.05, 3.63) is 51.3 Å². The molecule has 0 saturated heterocycles. The molecule has 8 nitrogen and oxygen atoms in total. The zero-order valence-electron chi connectivity index (χ0n) is 15.4. The SMILES string of the molecule is CCCn1c(O)c(N=Nc2ccccc2C(=O)OCC)c(C)c(C#N)c1=O. The van der Waals surface area contributed by atoms with Crippen LogP contribution < -0.4 is 5.56 Å². The first-order valence-electron chi connectivity index (χ1n) is 8.50. The second-order valence-corrected chi connectivity index (χ2v) is 5.68. The number of carbonyl (C=O) groups excluding carboxylic acids is 1. The molecule has 0 spiro atoms. The average molecular weight is 368 g/mol. The molecule has 0 unspecified atom stereocenters. The maximum absolute atomic E-state index is 12.3. The second kappa shape index (κ2) is 8.76. The van der Waals surface area contributed by atoms with Crippen molar-refractivity contribution in [1.82, 2.24) is 4.57 Å². The summed E-state index contributed by atoms with van der Waals surface area (Å²) in [5, 5.41) is 27.8. The number of carbonyl (C=O) groups is 1. The van der Waals surface area contributed by atoms with E-state index in [0.29, 0.717) is 6.42 Å². The van der Waals surface area contributed by atoms with Gasteiger partial charge >= 0.3 is 5.97 Å². The molecular formula is C19H20N4O4. The second-order valence-electron chi connectivity index (χ2n) is 5.68. The number of aromatic nitrogens is 1. The van der Waals surface area contributed by atoms with Crippen LogP contribution in [0.2, 0.25) is 0 Å². The van der Waals surface area contributed by atoms with Crippen molar-refractivity contribution in [1.29, 1.82) is 5.26 Å². The Balaban J connectivity index is 2.59. The summed E-state index contributed by atoms with van der Waals surface area (Å²) in [7, 11) is 0. The van der Waals surface area contributed by atoms with E-state index in [1.807, 2.05) is 13.0 Å². The Morgan fingerprint density at radius 2 is 2.00 bits per heavy atom. The van der Waals surface area contributed by atoms with Gasteiger partial charge in [0.25, 0.3) is 5.56 Å². The predicted octanol–water partition coefficient (Wildman–Crippen LogP) is 3.74. The highest BCUT2D eigenvalue weighted by molar-refractivity contribution is 5.94. The maximum Gasteiger partial charge on any atom is 0.340 e. The molecule has 0 atom stereocenters. The van der Waals surface area contributed by atoms with E-state index in [2.05, 4.69) is 10.2 Å². The molecule has 1 N–H and O–H groups in total. The van der Waals surface area contributed by atoms with Gasteiger partial charge in [-0.25, -0.2) is 4.79 Å². The van der Waals surface area contributed by atoms with E-state index in [1.54, 1.807) is 31.2 Å². The van der Waals surface area contributed by atoms with Gasteiger partial charge in [0.05, 0.1) is 12.2 Å². The van der Waals surface area contributed by atoms with E-state index in [1.165, 1.54) is 6.92 Å². The fourth-order valence-corrected chi connectivity index (χ4v) is 2.53. The number of esters is 1. The molecule has 2 aromatic rings. The van der Waals surface area contributed by atoms with E-state index >= 15 is 0 Å². The Labute approximate surface area is 156 Å². The minimum absolute atomic E-state index is 0.0123. The number of rotatable bonds is 6. The normalized spacial score (nSPS) is 10.7. The van der Waals surface area contributed by atoms with E-state index in [0.717, 1.165) is 4.57 Å². The number of hydrogen-bond donors (Lipinski definition) is 1. The molecule has 0 saturated carbocycles. The van der Waals surface area contributed by atoms with Crippen LogP contribution in [0.1, 0.15) is 41.8 Å². The molecule has 0 aliphatic carbocycles. The lowest BCUT2D eigenvalue weighted by Crippen LogP contribution is -2.23. The predicted molar refractivity (Wildman–Crippen MR) is 98.7 cm³/mol. The summed E-state index contributed by atoms with van der Waals surface area (Å²) in [6, 6.07) is 8.34. The van der Waals surface area contributed by atoms with E-state index in [-0.39, 0.29) is 47.1 Å². The summed E-state index contributed by atoms with van der Waals surface area (Å²) in [5.74, 6) is -0.905. The van der Waals surface area contributed by atoms with E-state index in [4.69, 9.17) is 4.74 Å². The van der Waals surface area contributed by atoms with Crippen LogP contribution in [0.15, 0.2) is 39.3 Å². The van der Waals surface area contributed by atoms with Crippen molar-refractivity contribution < 1.29 is 14.6 Å². The molecule has 1 heterocycles. The molecule has 0 aliphatic rings. The van der Waals surface area contributed by atoms with Gasteiger partial charge in [-0.2, -0.15) is 5.26 Å². The van der Waals surface area contributed by atoms with Gasteiger partial charge in [0.2, 0.25) is 5.88 Å². The first kappa shape index (κ1) is 19.8. The Morgan fingerprint density at radius 1 is 1.30 bits per heavy atom. The summed E-state index contributed by atoms with van der Waals surface area (Å²) >= 11 is 0. The van der Waals surface area contributed by atoms with Crippen molar-refractivity contribution in [2.75, 3.05) is 6.61 Å². The highest BCUT2D eigenvalue weighted by Gasteiger charge is 2.19. The highest BCUT2D eigenvalue weighted by Crippen LogP contribution is 2.33. The molecule has 0 radical (unpaired) electrons. The van der Waals surface area contributed by atoms with Crippen LogP contribution >= 0.6 is 0 Å². The van der Waals surface area contributed by atoms with E-state index < -0.39 is 11.5 Å². The van der Waals surface area contributed by atoms with Crippen molar-refractivity contribution in [3.8, 4) is 11.9 Å². The lowest BCUT2D eigenvalue weighted by Gasteiger charge is -2.12. The molecule has 140 valence electrons. The molecular weight excluding hydrogens is 348 g/mol. The third kappa shape index (κ3) is 4.03. The minimum Gasteiger partial charge on any atom is -0.493 e. The molecule has 2 rings (SSSR count). The van der Waals surface area contributed by atoms with Crippen LogP contribution in [-0.2, 0) is 11.3 Å². The summed E-state index contributed by atoms with van der Waals surface area (Å²) in [4.78, 5) is 24.4. The lowest BCUT2D eigenvalue weighted by molar-refractivity contribution is 0.0527. The Morgan fingerprint density at radius 3 is 2.63 bits per heavy atom. The van der Waals surface area contributed by atoms with Gasteiger partial charge in [0, 0.05) is 12.1 Å². The first-order valence-corrected chi connectivity index (χ1v) is 8.50. The number of benzene rings is 1. The van der Waals surface area contributed by atoms with Gasteiger partial charge in [-0.15, -0.1) is 10.2 Å².